The Morgan fingerprint density at radius 1 is 0.976 bits per heavy atom. The molecule has 4 rings (SSSR count). The molecule has 214 valence electrons. The van der Waals surface area contributed by atoms with E-state index in [9.17, 15) is 22.6 Å². The molecule has 0 aliphatic heterocycles. The second kappa shape index (κ2) is 13.6. The minimum Gasteiger partial charge on any atom is -0.453 e. The number of hydrogen-bond donors (Lipinski definition) is 4. The van der Waals surface area contributed by atoms with Crippen molar-refractivity contribution in [1.29, 1.82) is 0 Å². The molecule has 41 heavy (non-hydrogen) atoms. The molecule has 0 aliphatic carbocycles. The number of ether oxygens (including phenoxy) is 1. The molecular weight excluding hydrogens is 588 g/mol. The second-order valence-corrected chi connectivity index (χ2v) is 11.4. The summed E-state index contributed by atoms with van der Waals surface area (Å²) in [6.07, 6.45) is -0.447. The number of methoxy groups -OCH3 is 1. The van der Waals surface area contributed by atoms with Crippen LogP contribution in [0, 0.1) is 0 Å². The first-order valence-corrected chi connectivity index (χ1v) is 15.0. The zero-order valence-electron chi connectivity index (χ0n) is 21.8. The number of carbonyl (C=O) groups excluding carboxylic acids is 2. The van der Waals surface area contributed by atoms with Crippen LogP contribution < -0.4 is 15.4 Å². The largest absolute Gasteiger partial charge is 0.453 e. The van der Waals surface area contributed by atoms with Crippen molar-refractivity contribution in [2.45, 2.75) is 24.9 Å². The molecule has 0 saturated heterocycles. The van der Waals surface area contributed by atoms with Crippen LogP contribution in [0.25, 0.3) is 11.3 Å². The van der Waals surface area contributed by atoms with Crippen molar-refractivity contribution in [2.24, 2.45) is 0 Å². The van der Waals surface area contributed by atoms with Crippen LogP contribution >= 0.6 is 22.9 Å². The van der Waals surface area contributed by atoms with E-state index in [1.165, 1.54) is 24.5 Å². The summed E-state index contributed by atoms with van der Waals surface area (Å²) in [6, 6.07) is 21.1. The fourth-order valence-corrected chi connectivity index (χ4v) is 5.57. The highest BCUT2D eigenvalue weighted by Gasteiger charge is 2.27. The van der Waals surface area contributed by atoms with Gasteiger partial charge in [0, 0.05) is 28.8 Å². The van der Waals surface area contributed by atoms with E-state index in [1.54, 1.807) is 30.3 Å². The highest BCUT2D eigenvalue weighted by molar-refractivity contribution is 7.87. The zero-order chi connectivity index (χ0) is 29.4. The molecule has 4 aromatic rings. The fraction of sp³-hybridized carbons (Fsp3) is 0.179. The lowest BCUT2D eigenvalue weighted by Gasteiger charge is -2.23. The summed E-state index contributed by atoms with van der Waals surface area (Å²) in [5, 5.41) is 8.53. The molecule has 0 saturated carbocycles. The van der Waals surface area contributed by atoms with E-state index in [4.69, 9.17) is 21.3 Å². The van der Waals surface area contributed by atoms with Crippen LogP contribution in [-0.4, -0.2) is 43.1 Å². The lowest BCUT2D eigenvalue weighted by molar-refractivity contribution is -0.123. The van der Waals surface area contributed by atoms with Crippen molar-refractivity contribution < 1.29 is 27.3 Å². The monoisotopic (exact) mass is 614 g/mol. The number of carbonyl (C=O) groups is 2. The zero-order valence-corrected chi connectivity index (χ0v) is 24.2. The number of thiazole rings is 1. The third-order valence-corrected chi connectivity index (χ3v) is 7.72. The Kier molecular flexibility index (Phi) is 9.95. The number of halogens is 1. The molecule has 0 fully saturated rings. The van der Waals surface area contributed by atoms with E-state index in [2.05, 4.69) is 15.4 Å². The standard InChI is InChI=1S/C28H27ClN4O6S2/c1-39-28(35)32-23(15-18-7-3-2-4-8-18)26(34)30-24(16-20-9-5-6-10-22(20)33-41(36,37)38)27-31-25(17-40-27)19-11-13-21(29)14-12-19/h2-14,17,23-24,33H,15-16H2,1H3,(H,30,34)(H,32,35)(H,36,37,38). The van der Waals surface area contributed by atoms with Gasteiger partial charge in [0.25, 0.3) is 0 Å². The van der Waals surface area contributed by atoms with Crippen molar-refractivity contribution in [3.8, 4) is 11.3 Å². The lowest BCUT2D eigenvalue weighted by atomic mass is 10.0. The average Bonchev–Trinajstić information content (AvgIpc) is 3.44. The van der Waals surface area contributed by atoms with Gasteiger partial charge in [0.2, 0.25) is 5.91 Å². The Morgan fingerprint density at radius 3 is 2.34 bits per heavy atom. The van der Waals surface area contributed by atoms with Crippen LogP contribution in [-0.2, 0) is 32.7 Å². The number of aromatic nitrogens is 1. The minimum atomic E-state index is -4.55. The molecular formula is C28H27ClN4O6S2. The molecule has 10 nitrogen and oxygen atoms in total. The van der Waals surface area contributed by atoms with Gasteiger partial charge in [0.15, 0.2) is 0 Å². The first-order chi connectivity index (χ1) is 19.6. The Balaban J connectivity index is 1.67. The molecule has 2 atom stereocenters. The first-order valence-electron chi connectivity index (χ1n) is 12.3. The molecule has 2 unspecified atom stereocenters. The summed E-state index contributed by atoms with van der Waals surface area (Å²) in [5.74, 6) is -0.493. The maximum absolute atomic E-state index is 13.6. The lowest BCUT2D eigenvalue weighted by Crippen LogP contribution is -2.49. The predicted molar refractivity (Wildman–Crippen MR) is 158 cm³/mol. The highest BCUT2D eigenvalue weighted by atomic mass is 35.5. The topological polar surface area (TPSA) is 147 Å². The van der Waals surface area contributed by atoms with Gasteiger partial charge in [-0.15, -0.1) is 11.3 Å². The molecule has 13 heteroatoms. The van der Waals surface area contributed by atoms with Gasteiger partial charge in [-0.2, -0.15) is 8.42 Å². The maximum atomic E-state index is 13.6. The van der Waals surface area contributed by atoms with Crippen molar-refractivity contribution in [2.75, 3.05) is 11.8 Å². The van der Waals surface area contributed by atoms with Crippen LogP contribution in [0.3, 0.4) is 0 Å². The van der Waals surface area contributed by atoms with Crippen molar-refractivity contribution in [3.63, 3.8) is 0 Å². The van der Waals surface area contributed by atoms with Crippen molar-refractivity contribution >= 4 is 50.9 Å². The highest BCUT2D eigenvalue weighted by Crippen LogP contribution is 2.30. The number of alkyl carbamates (subject to hydrolysis) is 1. The van der Waals surface area contributed by atoms with Gasteiger partial charge in [-0.25, -0.2) is 9.78 Å². The van der Waals surface area contributed by atoms with Gasteiger partial charge in [-0.1, -0.05) is 72.3 Å². The maximum Gasteiger partial charge on any atom is 0.407 e. The number of amides is 2. The molecule has 0 radical (unpaired) electrons. The van der Waals surface area contributed by atoms with Gasteiger partial charge in [0.05, 0.1) is 24.5 Å². The van der Waals surface area contributed by atoms with Crippen LogP contribution in [0.1, 0.15) is 22.2 Å². The van der Waals surface area contributed by atoms with Gasteiger partial charge in [-0.3, -0.25) is 14.1 Å². The number of nitrogens with zero attached hydrogens (tertiary/aromatic N) is 1. The van der Waals surface area contributed by atoms with E-state index >= 15 is 0 Å². The summed E-state index contributed by atoms with van der Waals surface area (Å²) in [4.78, 5) is 30.5. The van der Waals surface area contributed by atoms with Crippen molar-refractivity contribution in [3.05, 3.63) is 105 Å². The number of para-hydroxylation sites is 1. The van der Waals surface area contributed by atoms with Crippen LogP contribution in [0.5, 0.6) is 0 Å². The number of rotatable bonds is 11. The molecule has 0 aliphatic rings. The quantitative estimate of drug-likeness (QED) is 0.173. The number of hydrogen-bond acceptors (Lipinski definition) is 7. The molecule has 0 spiro atoms. The van der Waals surface area contributed by atoms with Crippen LogP contribution in [0.15, 0.2) is 84.2 Å². The normalized spacial score (nSPS) is 12.7. The van der Waals surface area contributed by atoms with Gasteiger partial charge in [-0.05, 0) is 29.3 Å². The third-order valence-electron chi connectivity index (χ3n) is 6.03. The van der Waals surface area contributed by atoms with Crippen LogP contribution in [0.2, 0.25) is 5.02 Å². The van der Waals surface area contributed by atoms with Crippen LogP contribution in [0.4, 0.5) is 10.5 Å². The van der Waals surface area contributed by atoms with Gasteiger partial charge < -0.3 is 15.4 Å². The molecule has 0 bridgehead atoms. The average molecular weight is 615 g/mol. The summed E-state index contributed by atoms with van der Waals surface area (Å²) in [7, 11) is -3.33. The Morgan fingerprint density at radius 2 is 1.66 bits per heavy atom. The Hall–Kier alpha value is -3.97. The second-order valence-electron chi connectivity index (χ2n) is 8.96. The smallest absolute Gasteiger partial charge is 0.407 e. The third kappa shape index (κ3) is 8.76. The minimum absolute atomic E-state index is 0.119. The van der Waals surface area contributed by atoms with E-state index in [-0.39, 0.29) is 18.5 Å². The van der Waals surface area contributed by atoms with E-state index in [0.29, 0.717) is 21.3 Å². The number of benzene rings is 3. The predicted octanol–water partition coefficient (Wildman–Crippen LogP) is 5.05. The first kappa shape index (κ1) is 30.0. The Bertz CT molecular complexity index is 1600. The molecule has 1 aromatic heterocycles. The molecule has 3 aromatic carbocycles. The summed E-state index contributed by atoms with van der Waals surface area (Å²) in [5.41, 5.74) is 2.96. The van der Waals surface area contributed by atoms with E-state index in [1.807, 2.05) is 47.8 Å². The summed E-state index contributed by atoms with van der Waals surface area (Å²) in [6.45, 7) is 0. The summed E-state index contributed by atoms with van der Waals surface area (Å²) < 4.78 is 39.4. The summed E-state index contributed by atoms with van der Waals surface area (Å²) >= 11 is 7.34. The number of anilines is 1. The number of nitrogens with one attached hydrogen (secondary N) is 3. The molecule has 1 heterocycles. The Labute approximate surface area is 246 Å². The SMILES string of the molecule is COC(=O)NC(Cc1ccccc1)C(=O)NC(Cc1ccccc1NS(=O)(=O)O)c1nc(-c2ccc(Cl)cc2)cs1. The van der Waals surface area contributed by atoms with Gasteiger partial charge >= 0.3 is 16.4 Å². The van der Waals surface area contributed by atoms with Gasteiger partial charge in [0.1, 0.15) is 11.0 Å². The molecule has 2 amide bonds. The van der Waals surface area contributed by atoms with Crippen molar-refractivity contribution in [1.82, 2.24) is 15.6 Å². The van der Waals surface area contributed by atoms with E-state index in [0.717, 1.165) is 11.1 Å². The molecule has 4 N–H and O–H groups in total. The van der Waals surface area contributed by atoms with E-state index < -0.39 is 34.4 Å². The fourth-order valence-electron chi connectivity index (χ4n) is 4.09.